The van der Waals surface area contributed by atoms with Crippen molar-refractivity contribution in [2.45, 2.75) is 69.9 Å². The van der Waals surface area contributed by atoms with Gasteiger partial charge in [-0.2, -0.15) is 10.2 Å². The van der Waals surface area contributed by atoms with Gasteiger partial charge in [-0.1, -0.05) is 6.07 Å². The van der Waals surface area contributed by atoms with Gasteiger partial charge in [-0.15, -0.1) is 0 Å². The Morgan fingerprint density at radius 3 is 2.45 bits per heavy atom. The van der Waals surface area contributed by atoms with Gasteiger partial charge >= 0.3 is 0 Å². The van der Waals surface area contributed by atoms with Gasteiger partial charge in [0.15, 0.2) is 11.3 Å². The first-order chi connectivity index (χ1) is 31.4. The predicted octanol–water partition coefficient (Wildman–Crippen LogP) is 3.12. The lowest BCUT2D eigenvalue weighted by molar-refractivity contribution is -0.145. The second-order valence-electron chi connectivity index (χ2n) is 18.1. The van der Waals surface area contributed by atoms with Crippen LogP contribution < -0.4 is 20.9 Å². The zero-order valence-corrected chi connectivity index (χ0v) is 35.7. The average Bonchev–Trinajstić information content (AvgIpc) is 4.00. The zero-order valence-electron chi connectivity index (χ0n) is 35.7. The molecule has 1 aromatic carbocycles. The molecule has 342 valence electrons. The number of hydrogen-bond acceptors (Lipinski definition) is 13. The number of hydrogen-bond donors (Lipinski definition) is 3. The molecule has 6 aliphatic rings. The van der Waals surface area contributed by atoms with Crippen LogP contribution in [0, 0.1) is 11.3 Å². The summed E-state index contributed by atoms with van der Waals surface area (Å²) in [6.45, 7) is 6.52. The van der Waals surface area contributed by atoms with Crippen LogP contribution in [0.4, 0.5) is 26.0 Å². The Morgan fingerprint density at radius 2 is 1.71 bits per heavy atom. The number of halogens is 2. The molecule has 5 fully saturated rings. The second-order valence-corrected chi connectivity index (χ2v) is 18.1. The number of carbonyl (C=O) groups is 6. The molecule has 0 radical (unpaired) electrons. The molecular weight excluding hydrogens is 847 g/mol. The fourth-order valence-electron chi connectivity index (χ4n) is 10.4. The number of benzene rings is 1. The molecule has 1 aliphatic carbocycles. The molecule has 1 unspecified atom stereocenters. The maximum atomic E-state index is 14.3. The van der Waals surface area contributed by atoms with Crippen LogP contribution in [0.5, 0.6) is 0 Å². The highest BCUT2D eigenvalue weighted by Crippen LogP contribution is 2.42. The van der Waals surface area contributed by atoms with Crippen molar-refractivity contribution in [3.63, 3.8) is 0 Å². The largest absolute Gasteiger partial charge is 0.378 e. The molecule has 4 aromatic rings. The van der Waals surface area contributed by atoms with E-state index in [1.807, 2.05) is 11.0 Å². The van der Waals surface area contributed by atoms with E-state index in [0.29, 0.717) is 62.5 Å². The van der Waals surface area contributed by atoms with Crippen molar-refractivity contribution in [2.24, 2.45) is 11.3 Å². The van der Waals surface area contributed by atoms with E-state index >= 15 is 0 Å². The Balaban J connectivity index is 0.679. The standard InChI is InChI=1S/C44H50F2N12O7/c45-38(46)37-31(49-40(61)29-20-48-56-13-10-33(50-39(29)56)54-16-18-65-19-17-54)23-57(52-37)27-6-4-26(5-7-27)22-53-14-11-44(12-15-53)24-55(25-44)35(60)21-47-30-3-1-2-28-36(30)43(64)58(42(28)63)32-8-9-34(59)51-41(32)62/h1-3,10,13,20,23,26-27,32,38,47H,4-9,11-12,14-19,21-22,24-25H2,(H,49,61)(H,51,59,62). The maximum Gasteiger partial charge on any atom is 0.284 e. The summed E-state index contributed by atoms with van der Waals surface area (Å²) in [7, 11) is 0. The van der Waals surface area contributed by atoms with Gasteiger partial charge in [-0.3, -0.25) is 43.7 Å². The first kappa shape index (κ1) is 42.6. The van der Waals surface area contributed by atoms with E-state index in [1.165, 1.54) is 23.0 Å². The molecule has 65 heavy (non-hydrogen) atoms. The summed E-state index contributed by atoms with van der Waals surface area (Å²) >= 11 is 0. The van der Waals surface area contributed by atoms with Crippen LogP contribution in [-0.2, 0) is 19.1 Å². The van der Waals surface area contributed by atoms with Crippen molar-refractivity contribution in [3.8, 4) is 0 Å². The number of rotatable bonds is 11. The number of carbonyl (C=O) groups excluding carboxylic acids is 6. The summed E-state index contributed by atoms with van der Waals surface area (Å²) in [5.74, 6) is -1.92. The highest BCUT2D eigenvalue weighted by molar-refractivity contribution is 6.25. The minimum atomic E-state index is -2.88. The van der Waals surface area contributed by atoms with E-state index in [-0.39, 0.29) is 59.1 Å². The lowest BCUT2D eigenvalue weighted by Gasteiger charge is -2.54. The number of morpholine rings is 1. The van der Waals surface area contributed by atoms with Gasteiger partial charge in [0.05, 0.1) is 48.8 Å². The van der Waals surface area contributed by atoms with Crippen LogP contribution in [0.2, 0.25) is 0 Å². The minimum absolute atomic E-state index is 0.0266. The van der Waals surface area contributed by atoms with Crippen LogP contribution >= 0.6 is 0 Å². The number of likely N-dealkylation sites (tertiary alicyclic amines) is 2. The molecule has 8 heterocycles. The quantitative estimate of drug-likeness (QED) is 0.185. The number of nitrogens with one attached hydrogen (secondary N) is 3. The van der Waals surface area contributed by atoms with Crippen LogP contribution in [-0.4, -0.2) is 146 Å². The smallest absolute Gasteiger partial charge is 0.284 e. The third-order valence-corrected chi connectivity index (χ3v) is 14.1. The van der Waals surface area contributed by atoms with E-state index in [0.717, 1.165) is 63.1 Å². The number of alkyl halides is 2. The van der Waals surface area contributed by atoms with E-state index in [9.17, 15) is 37.5 Å². The van der Waals surface area contributed by atoms with Gasteiger partial charge in [-0.05, 0) is 82.2 Å². The highest BCUT2D eigenvalue weighted by Gasteiger charge is 2.48. The van der Waals surface area contributed by atoms with Gasteiger partial charge < -0.3 is 30.1 Å². The Bertz CT molecular complexity index is 2550. The number of piperidine rings is 2. The summed E-state index contributed by atoms with van der Waals surface area (Å²) in [5.41, 5.74) is 0.664. The second kappa shape index (κ2) is 17.2. The number of nitrogens with zero attached hydrogens (tertiary/aromatic N) is 9. The summed E-state index contributed by atoms with van der Waals surface area (Å²) < 4.78 is 37.1. The fourth-order valence-corrected chi connectivity index (χ4v) is 10.4. The first-order valence-electron chi connectivity index (χ1n) is 22.4. The molecule has 5 aliphatic heterocycles. The van der Waals surface area contributed by atoms with E-state index < -0.39 is 47.7 Å². The SMILES string of the molecule is O=C1CCC(N2C(=O)c3cccc(NCC(=O)N4CC5(CCN(CC6CCC(n7cc(NC(=O)c8cnn9ccc(N%10CCOCC%10)nc89)c(C(F)F)n7)CC6)CC5)C4)c3C2=O)C(=O)N1. The van der Waals surface area contributed by atoms with Gasteiger partial charge in [0.25, 0.3) is 24.1 Å². The number of aromatic nitrogens is 5. The third kappa shape index (κ3) is 8.19. The number of amides is 6. The van der Waals surface area contributed by atoms with Crippen molar-refractivity contribution in [2.75, 3.05) is 81.1 Å². The zero-order chi connectivity index (χ0) is 45.0. The summed E-state index contributed by atoms with van der Waals surface area (Å²) in [6, 6.07) is 5.45. The average molecular weight is 897 g/mol. The molecule has 0 bridgehead atoms. The van der Waals surface area contributed by atoms with Crippen LogP contribution in [0.1, 0.15) is 101 Å². The molecule has 6 amide bonds. The van der Waals surface area contributed by atoms with E-state index in [1.54, 1.807) is 23.0 Å². The van der Waals surface area contributed by atoms with Crippen LogP contribution in [0.3, 0.4) is 0 Å². The third-order valence-electron chi connectivity index (χ3n) is 14.1. The molecule has 19 nitrogen and oxygen atoms in total. The molecule has 1 atom stereocenters. The molecule has 3 N–H and O–H groups in total. The number of anilines is 3. The Morgan fingerprint density at radius 1 is 0.938 bits per heavy atom. The number of imide groups is 2. The lowest BCUT2D eigenvalue weighted by Crippen LogP contribution is -2.62. The Hall–Kier alpha value is -6.35. The van der Waals surface area contributed by atoms with Gasteiger partial charge in [0, 0.05) is 62.6 Å². The Kier molecular flexibility index (Phi) is 11.3. The number of ether oxygens (including phenoxy) is 1. The topological polar surface area (TPSA) is 209 Å². The molecule has 10 rings (SSSR count). The van der Waals surface area contributed by atoms with Crippen LogP contribution in [0.15, 0.2) is 42.9 Å². The van der Waals surface area contributed by atoms with Crippen LogP contribution in [0.25, 0.3) is 5.65 Å². The number of fused-ring (bicyclic) bond motifs is 2. The predicted molar refractivity (Wildman–Crippen MR) is 228 cm³/mol. The Labute approximate surface area is 371 Å². The van der Waals surface area contributed by atoms with E-state index in [2.05, 4.69) is 40.9 Å². The first-order valence-corrected chi connectivity index (χ1v) is 22.4. The van der Waals surface area contributed by atoms with Crippen molar-refractivity contribution in [3.05, 3.63) is 65.2 Å². The van der Waals surface area contributed by atoms with Gasteiger partial charge in [-0.25, -0.2) is 18.3 Å². The molecular formula is C44H50F2N12O7. The monoisotopic (exact) mass is 896 g/mol. The van der Waals surface area contributed by atoms with Crippen molar-refractivity contribution in [1.82, 2.24) is 44.4 Å². The van der Waals surface area contributed by atoms with Crippen molar-refractivity contribution >= 4 is 58.3 Å². The van der Waals surface area contributed by atoms with Crippen molar-refractivity contribution < 1.29 is 42.3 Å². The fraction of sp³-hybridized carbons (Fsp3) is 0.523. The molecule has 21 heteroatoms. The minimum Gasteiger partial charge on any atom is -0.378 e. The van der Waals surface area contributed by atoms with Gasteiger partial charge in [0.1, 0.15) is 17.4 Å². The summed E-state index contributed by atoms with van der Waals surface area (Å²) in [4.78, 5) is 89.5. The summed E-state index contributed by atoms with van der Waals surface area (Å²) in [5, 5.41) is 16.5. The van der Waals surface area contributed by atoms with Gasteiger partial charge in [0.2, 0.25) is 17.7 Å². The lowest BCUT2D eigenvalue weighted by atomic mass is 9.71. The normalized spacial score (nSPS) is 23.6. The van der Waals surface area contributed by atoms with E-state index in [4.69, 9.17) is 4.74 Å². The molecule has 1 spiro atoms. The maximum absolute atomic E-state index is 14.3. The van der Waals surface area contributed by atoms with Crippen molar-refractivity contribution in [1.29, 1.82) is 0 Å². The molecule has 3 aromatic heterocycles. The highest BCUT2D eigenvalue weighted by atomic mass is 19.3. The summed E-state index contributed by atoms with van der Waals surface area (Å²) in [6.07, 6.45) is 7.17. The molecule has 4 saturated heterocycles. The molecule has 1 saturated carbocycles.